The Morgan fingerprint density at radius 1 is 1.40 bits per heavy atom. The average molecular weight is 608 g/mol. The summed E-state index contributed by atoms with van der Waals surface area (Å²) in [5.41, 5.74) is 6.13. The van der Waals surface area contributed by atoms with Crippen LogP contribution in [0.15, 0.2) is 47.1 Å². The monoisotopic (exact) mass is 607 g/mol. The zero-order chi connectivity index (χ0) is 28.7. The molecule has 5 rings (SSSR count). The Bertz CT molecular complexity index is 1620. The quantitative estimate of drug-likeness (QED) is 0.110. The topological polar surface area (TPSA) is 206 Å². The van der Waals surface area contributed by atoms with Crippen molar-refractivity contribution in [2.45, 2.75) is 31.0 Å². The van der Waals surface area contributed by atoms with Crippen LogP contribution in [0.25, 0.3) is 5.65 Å². The molecule has 3 aromatic heterocycles. The van der Waals surface area contributed by atoms with Crippen molar-refractivity contribution in [3.05, 3.63) is 52.0 Å². The summed E-state index contributed by atoms with van der Waals surface area (Å²) in [7, 11) is 0. The van der Waals surface area contributed by atoms with Crippen molar-refractivity contribution in [1.82, 2.24) is 24.8 Å². The first kappa shape index (κ1) is 27.4. The second-order valence-electron chi connectivity index (χ2n) is 8.57. The van der Waals surface area contributed by atoms with Crippen molar-refractivity contribution >= 4 is 74.9 Å². The standard InChI is InChI=1S/C22H19ClN8O7S2/c1-9(20(34)35)38-28-13(12-16(23)40-22(24)27-12)17(32)26-14-18(33)31-15(21(36)37)10(8-39-19(14)31)7-29-5-6-30-11(29)3-2-4-25-30/h2-6,9,14,19H,7-8H2,1H3,(H4-,24,26,27,32,34,35,36,37)/p+1/t9-,14?,19?/m0/s1. The van der Waals surface area contributed by atoms with Crippen LogP contribution < -0.4 is 15.6 Å². The van der Waals surface area contributed by atoms with Crippen molar-refractivity contribution in [3.8, 4) is 0 Å². The first-order valence-corrected chi connectivity index (χ1v) is 13.7. The van der Waals surface area contributed by atoms with Gasteiger partial charge in [-0.1, -0.05) is 33.2 Å². The lowest BCUT2D eigenvalue weighted by atomic mass is 10.0. The van der Waals surface area contributed by atoms with Gasteiger partial charge >= 0.3 is 17.6 Å². The number of nitrogen functional groups attached to an aromatic ring is 1. The predicted octanol–water partition coefficient (Wildman–Crippen LogP) is -0.0535. The van der Waals surface area contributed by atoms with Crippen LogP contribution in [0.1, 0.15) is 12.6 Å². The molecule has 0 radical (unpaired) electrons. The number of halogens is 1. The molecule has 15 nitrogen and oxygen atoms in total. The first-order valence-electron chi connectivity index (χ1n) is 11.5. The summed E-state index contributed by atoms with van der Waals surface area (Å²) in [4.78, 5) is 59.8. The van der Waals surface area contributed by atoms with E-state index >= 15 is 0 Å². The Morgan fingerprint density at radius 2 is 2.17 bits per heavy atom. The molecule has 0 spiro atoms. The van der Waals surface area contributed by atoms with Gasteiger partial charge in [-0.15, -0.1) is 16.3 Å². The van der Waals surface area contributed by atoms with Gasteiger partial charge in [0.05, 0.1) is 6.20 Å². The second kappa shape index (κ2) is 10.7. The van der Waals surface area contributed by atoms with Gasteiger partial charge in [-0.05, 0) is 13.0 Å². The lowest BCUT2D eigenvalue weighted by Gasteiger charge is -2.49. The van der Waals surface area contributed by atoms with Gasteiger partial charge in [-0.2, -0.15) is 0 Å². The number of thiazole rings is 1. The fraction of sp³-hybridized carbons (Fsp3) is 0.273. The number of amides is 2. The third kappa shape index (κ3) is 4.93. The van der Waals surface area contributed by atoms with E-state index in [0.29, 0.717) is 5.57 Å². The Kier molecular flexibility index (Phi) is 7.35. The van der Waals surface area contributed by atoms with E-state index in [9.17, 15) is 24.3 Å². The zero-order valence-electron chi connectivity index (χ0n) is 20.4. The van der Waals surface area contributed by atoms with Crippen LogP contribution >= 0.6 is 34.7 Å². The summed E-state index contributed by atoms with van der Waals surface area (Å²) in [6, 6.07) is 2.49. The number of nitrogens with zero attached hydrogens (tertiary/aromatic N) is 6. The van der Waals surface area contributed by atoms with Gasteiger partial charge in [0.1, 0.15) is 39.9 Å². The number of thioether (sulfide) groups is 1. The number of aliphatic carboxylic acids is 2. The highest BCUT2D eigenvalue weighted by Gasteiger charge is 2.54. The number of carbonyl (C=O) groups is 4. The van der Waals surface area contributed by atoms with Gasteiger partial charge in [-0.3, -0.25) is 14.5 Å². The third-order valence-corrected chi connectivity index (χ3v) is 8.45. The summed E-state index contributed by atoms with van der Waals surface area (Å²) in [6.07, 6.45) is 3.72. The van der Waals surface area contributed by atoms with Crippen LogP contribution in [0.3, 0.4) is 0 Å². The number of rotatable bonds is 9. The van der Waals surface area contributed by atoms with Crippen LogP contribution in [-0.2, 0) is 30.6 Å². The Balaban J connectivity index is 1.38. The maximum Gasteiger partial charge on any atom is 0.352 e. The maximum atomic E-state index is 13.2. The number of nitrogens with two attached hydrogens (primary N) is 1. The lowest BCUT2D eigenvalue weighted by Crippen LogP contribution is -2.71. The molecule has 0 aliphatic carbocycles. The number of aromatic nitrogens is 4. The minimum absolute atomic E-state index is 0.00165. The molecule has 1 fully saturated rings. The van der Waals surface area contributed by atoms with Gasteiger partial charge in [0.15, 0.2) is 17.0 Å². The summed E-state index contributed by atoms with van der Waals surface area (Å²) >= 11 is 8.28. The molecule has 2 amide bonds. The van der Waals surface area contributed by atoms with Gasteiger partial charge in [0, 0.05) is 17.4 Å². The number of fused-ring (bicyclic) bond motifs is 2. The Morgan fingerprint density at radius 3 is 2.85 bits per heavy atom. The van der Waals surface area contributed by atoms with Crippen LogP contribution in [-0.4, -0.2) is 82.4 Å². The highest BCUT2D eigenvalue weighted by atomic mass is 35.5. The van der Waals surface area contributed by atoms with E-state index in [1.165, 1.54) is 18.7 Å². The molecule has 3 atom stereocenters. The van der Waals surface area contributed by atoms with Crippen molar-refractivity contribution in [2.24, 2.45) is 5.16 Å². The average Bonchev–Trinajstić information content (AvgIpc) is 3.48. The van der Waals surface area contributed by atoms with E-state index in [1.54, 1.807) is 29.2 Å². The summed E-state index contributed by atoms with van der Waals surface area (Å²) in [5, 5.41) is 28.7. The second-order valence-corrected chi connectivity index (χ2v) is 11.3. The largest absolute Gasteiger partial charge is 0.478 e. The maximum absolute atomic E-state index is 13.2. The van der Waals surface area contributed by atoms with Gasteiger partial charge < -0.3 is 26.1 Å². The first-order chi connectivity index (χ1) is 19.1. The van der Waals surface area contributed by atoms with Crippen molar-refractivity contribution < 1.29 is 38.8 Å². The fourth-order valence-corrected chi connectivity index (χ4v) is 6.39. The number of oxime groups is 1. The molecule has 2 unspecified atom stereocenters. The number of β-lactam (4-membered cyclic amide) rings is 1. The molecule has 3 aromatic rings. The van der Waals surface area contributed by atoms with Crippen LogP contribution in [0, 0.1) is 0 Å². The van der Waals surface area contributed by atoms with Gasteiger partial charge in [-0.25, -0.2) is 19.1 Å². The molecular weight excluding hydrogens is 588 g/mol. The van der Waals surface area contributed by atoms with E-state index in [1.807, 2.05) is 10.6 Å². The molecule has 40 heavy (non-hydrogen) atoms. The van der Waals surface area contributed by atoms with Gasteiger partial charge in [0.25, 0.3) is 11.8 Å². The molecule has 18 heteroatoms. The highest BCUT2D eigenvalue weighted by molar-refractivity contribution is 8.00. The van der Waals surface area contributed by atoms with E-state index in [0.717, 1.165) is 21.9 Å². The molecule has 2 aliphatic rings. The van der Waals surface area contributed by atoms with E-state index in [4.69, 9.17) is 27.3 Å². The minimum Gasteiger partial charge on any atom is -0.478 e. The number of nitrogens with one attached hydrogen (secondary N) is 1. The Labute approximate surface area is 237 Å². The number of anilines is 1. The van der Waals surface area contributed by atoms with Crippen molar-refractivity contribution in [1.29, 1.82) is 0 Å². The zero-order valence-corrected chi connectivity index (χ0v) is 22.8. The number of carbonyl (C=O) groups excluding carboxylic acids is 2. The third-order valence-electron chi connectivity index (χ3n) is 6.03. The molecule has 0 aromatic carbocycles. The number of hydrogen-bond donors (Lipinski definition) is 4. The lowest BCUT2D eigenvalue weighted by molar-refractivity contribution is -0.662. The predicted molar refractivity (Wildman–Crippen MR) is 141 cm³/mol. The molecule has 5 N–H and O–H groups in total. The van der Waals surface area contributed by atoms with Crippen LogP contribution in [0.2, 0.25) is 4.34 Å². The number of carboxylic acid groups (broad SMARTS) is 2. The van der Waals surface area contributed by atoms with E-state index in [-0.39, 0.29) is 33.2 Å². The molecule has 0 saturated carbocycles. The molecular formula is C22H20ClN8O7S2+. The fourth-order valence-electron chi connectivity index (χ4n) is 4.12. The molecule has 1 saturated heterocycles. The molecule has 208 valence electrons. The highest BCUT2D eigenvalue weighted by Crippen LogP contribution is 2.40. The number of carboxylic acids is 2. The molecule has 2 aliphatic heterocycles. The number of imidazole rings is 1. The summed E-state index contributed by atoms with van der Waals surface area (Å²) in [6.45, 7) is 1.41. The Hall–Kier alpha value is -4.22. The molecule has 0 bridgehead atoms. The van der Waals surface area contributed by atoms with E-state index in [2.05, 4.69) is 20.6 Å². The summed E-state index contributed by atoms with van der Waals surface area (Å²) < 4.78 is 3.46. The molecule has 5 heterocycles. The normalized spacial score (nSPS) is 19.7. The van der Waals surface area contributed by atoms with Crippen molar-refractivity contribution in [3.63, 3.8) is 0 Å². The minimum atomic E-state index is -1.40. The van der Waals surface area contributed by atoms with E-state index < -0.39 is 47.0 Å². The number of hydrogen-bond acceptors (Lipinski definition) is 11. The smallest absolute Gasteiger partial charge is 0.352 e. The summed E-state index contributed by atoms with van der Waals surface area (Å²) in [5.74, 6) is -3.90. The SMILES string of the molecule is C[C@H](ON=C(C(=O)NC1C(=O)N2C(C(=O)O)=C(C[n+]3ccn4ncccc43)CSC12)c1nc(N)sc1Cl)C(=O)O. The van der Waals surface area contributed by atoms with Gasteiger partial charge in [0.2, 0.25) is 6.10 Å². The van der Waals surface area contributed by atoms with Crippen molar-refractivity contribution in [2.75, 3.05) is 11.5 Å². The van der Waals surface area contributed by atoms with Crippen LogP contribution in [0.4, 0.5) is 5.13 Å². The van der Waals surface area contributed by atoms with Crippen LogP contribution in [0.5, 0.6) is 0 Å².